The zero-order chi connectivity index (χ0) is 41.9. The molecule has 0 atom stereocenters. The molecule has 4 saturated carbocycles. The van der Waals surface area contributed by atoms with Gasteiger partial charge in [-0.25, -0.2) is 15.0 Å². The number of hydrogen-bond acceptors (Lipinski definition) is 5. The lowest BCUT2D eigenvalue weighted by atomic mass is 9.48. The first kappa shape index (κ1) is 36.1. The number of furan rings is 2. The molecule has 0 N–H and O–H groups in total. The SMILES string of the molecule is c1ccc(-c2ccccc2-c2nc(-c3cc(-c4ccc(C56CC7CC(CC(C7)C5)C6)cc4)cc4c3oc3ccccc34)nc(-c3cc4ccccc4c4c3oc3ccccc34)n2)cc1. The molecule has 3 heterocycles. The maximum absolute atomic E-state index is 6.82. The van der Waals surface area contributed by atoms with E-state index in [0.29, 0.717) is 22.9 Å². The quantitative estimate of drug-likeness (QED) is 0.167. The van der Waals surface area contributed by atoms with Crippen molar-refractivity contribution in [3.63, 3.8) is 0 Å². The predicted octanol–water partition coefficient (Wildman–Crippen LogP) is 15.6. The van der Waals surface area contributed by atoms with E-state index in [0.717, 1.165) is 106 Å². The van der Waals surface area contributed by atoms with Crippen molar-refractivity contribution in [2.45, 2.75) is 43.9 Å². The molecule has 0 amide bonds. The van der Waals surface area contributed by atoms with Gasteiger partial charge in [-0.15, -0.1) is 0 Å². The van der Waals surface area contributed by atoms with Crippen LogP contribution in [0.4, 0.5) is 0 Å². The van der Waals surface area contributed by atoms with Crippen molar-refractivity contribution in [2.24, 2.45) is 17.8 Å². The standard InChI is InChI=1S/C59H43N3O2/c1-2-12-39(13-3-1)43-15-6-7-18-46(43)56-60-57(62-58(61-56)50-29-40-14-4-5-16-44(40)53-47-19-9-11-21-52(47)64-55(50)53)49-31-41(30-48-45-17-8-10-20-51(45)63-54(48)49)38-22-24-42(25-23-38)59-32-35-26-36(33-59)28-37(27-35)34-59/h1-25,29-31,35-37H,26-28,32-34H2. The minimum atomic E-state index is 0.338. The first-order valence-corrected chi connectivity index (χ1v) is 22.9. The summed E-state index contributed by atoms with van der Waals surface area (Å²) in [5.41, 5.74) is 12.0. The summed E-state index contributed by atoms with van der Waals surface area (Å²) in [4.78, 5) is 16.3. The molecule has 4 aliphatic rings. The number of nitrogens with zero attached hydrogens (tertiary/aromatic N) is 3. The topological polar surface area (TPSA) is 65.0 Å². The van der Waals surface area contributed by atoms with Crippen LogP contribution in [0.15, 0.2) is 179 Å². The van der Waals surface area contributed by atoms with E-state index in [-0.39, 0.29) is 0 Å². The predicted molar refractivity (Wildman–Crippen MR) is 259 cm³/mol. The van der Waals surface area contributed by atoms with Crippen molar-refractivity contribution < 1.29 is 8.83 Å². The average molecular weight is 826 g/mol. The summed E-state index contributed by atoms with van der Waals surface area (Å²) >= 11 is 0. The maximum atomic E-state index is 6.82. The highest BCUT2D eigenvalue weighted by Gasteiger charge is 2.51. The molecule has 0 spiro atoms. The Kier molecular flexibility index (Phi) is 7.80. The summed E-state index contributed by atoms with van der Waals surface area (Å²) in [5.74, 6) is 4.35. The third-order valence-electron chi connectivity index (χ3n) is 15.1. The fourth-order valence-electron chi connectivity index (χ4n) is 12.7. The van der Waals surface area contributed by atoms with Crippen LogP contribution < -0.4 is 0 Å². The van der Waals surface area contributed by atoms with Gasteiger partial charge in [0.1, 0.15) is 22.3 Å². The summed E-state index contributed by atoms with van der Waals surface area (Å²) in [7, 11) is 0. The van der Waals surface area contributed by atoms with Crippen LogP contribution in [0.3, 0.4) is 0 Å². The summed E-state index contributed by atoms with van der Waals surface area (Å²) in [5, 5.41) is 6.42. The van der Waals surface area contributed by atoms with Gasteiger partial charge in [-0.1, -0.05) is 140 Å². The first-order chi connectivity index (χ1) is 31.6. The molecule has 4 aliphatic carbocycles. The highest BCUT2D eigenvalue weighted by molar-refractivity contribution is 6.22. The largest absolute Gasteiger partial charge is 0.455 e. The van der Waals surface area contributed by atoms with Crippen molar-refractivity contribution in [1.29, 1.82) is 0 Å². The summed E-state index contributed by atoms with van der Waals surface area (Å²) < 4.78 is 13.6. The van der Waals surface area contributed by atoms with Crippen molar-refractivity contribution >= 4 is 54.6 Å². The zero-order valence-electron chi connectivity index (χ0n) is 35.3. The van der Waals surface area contributed by atoms with Crippen LogP contribution in [0.2, 0.25) is 0 Å². The fourth-order valence-corrected chi connectivity index (χ4v) is 12.7. The molecule has 4 fully saturated rings. The van der Waals surface area contributed by atoms with Crippen LogP contribution in [0.1, 0.15) is 44.1 Å². The molecule has 8 aromatic carbocycles. The van der Waals surface area contributed by atoms with Crippen LogP contribution in [-0.2, 0) is 5.41 Å². The molecule has 306 valence electrons. The monoisotopic (exact) mass is 825 g/mol. The van der Waals surface area contributed by atoms with Gasteiger partial charge in [0.25, 0.3) is 0 Å². The minimum absolute atomic E-state index is 0.338. The molecule has 0 radical (unpaired) electrons. The second-order valence-electron chi connectivity index (χ2n) is 18.9. The number of rotatable bonds is 6. The molecule has 4 bridgehead atoms. The third-order valence-corrected chi connectivity index (χ3v) is 15.1. The smallest absolute Gasteiger partial charge is 0.167 e. The Hall–Kier alpha value is -7.37. The van der Waals surface area contributed by atoms with E-state index >= 15 is 0 Å². The molecule has 3 aromatic heterocycles. The number of para-hydroxylation sites is 2. The molecule has 0 aliphatic heterocycles. The van der Waals surface area contributed by atoms with Crippen LogP contribution in [0.5, 0.6) is 0 Å². The van der Waals surface area contributed by atoms with Gasteiger partial charge < -0.3 is 8.83 Å². The van der Waals surface area contributed by atoms with E-state index < -0.39 is 0 Å². The Bertz CT molecular complexity index is 3620. The second-order valence-corrected chi connectivity index (χ2v) is 18.9. The normalized spacial score (nSPS) is 20.3. The molecule has 5 nitrogen and oxygen atoms in total. The number of aromatic nitrogens is 3. The highest BCUT2D eigenvalue weighted by Crippen LogP contribution is 2.61. The Morgan fingerprint density at radius 1 is 0.391 bits per heavy atom. The van der Waals surface area contributed by atoms with E-state index in [4.69, 9.17) is 23.8 Å². The lowest BCUT2D eigenvalue weighted by Gasteiger charge is -2.57. The van der Waals surface area contributed by atoms with Gasteiger partial charge in [0, 0.05) is 27.1 Å². The van der Waals surface area contributed by atoms with Crippen molar-refractivity contribution in [3.8, 4) is 56.4 Å². The summed E-state index contributed by atoms with van der Waals surface area (Å²) in [6.45, 7) is 0. The second kappa shape index (κ2) is 13.8. The lowest BCUT2D eigenvalue weighted by molar-refractivity contribution is -0.00518. The maximum Gasteiger partial charge on any atom is 0.167 e. The van der Waals surface area contributed by atoms with Crippen molar-refractivity contribution in [2.75, 3.05) is 0 Å². The fraction of sp³-hybridized carbons (Fsp3) is 0.169. The number of benzene rings is 8. The van der Waals surface area contributed by atoms with E-state index in [2.05, 4.69) is 140 Å². The zero-order valence-corrected chi connectivity index (χ0v) is 35.3. The number of fused-ring (bicyclic) bond motifs is 8. The van der Waals surface area contributed by atoms with E-state index in [1.54, 1.807) is 0 Å². The van der Waals surface area contributed by atoms with Crippen molar-refractivity contribution in [3.05, 3.63) is 175 Å². The molecule has 15 rings (SSSR count). The lowest BCUT2D eigenvalue weighted by Crippen LogP contribution is -2.48. The van der Waals surface area contributed by atoms with Crippen LogP contribution in [0.25, 0.3) is 111 Å². The van der Waals surface area contributed by atoms with E-state index in [1.165, 1.54) is 49.7 Å². The molecule has 0 saturated heterocycles. The molecule has 0 unspecified atom stereocenters. The van der Waals surface area contributed by atoms with Gasteiger partial charge in [-0.05, 0) is 131 Å². The highest BCUT2D eigenvalue weighted by atomic mass is 16.3. The van der Waals surface area contributed by atoms with Gasteiger partial charge in [-0.3, -0.25) is 0 Å². The first-order valence-electron chi connectivity index (χ1n) is 22.9. The van der Waals surface area contributed by atoms with Crippen molar-refractivity contribution in [1.82, 2.24) is 15.0 Å². The van der Waals surface area contributed by atoms with Gasteiger partial charge in [-0.2, -0.15) is 0 Å². The van der Waals surface area contributed by atoms with Crippen LogP contribution in [0, 0.1) is 17.8 Å². The molecule has 64 heavy (non-hydrogen) atoms. The van der Waals surface area contributed by atoms with Gasteiger partial charge >= 0.3 is 0 Å². The Morgan fingerprint density at radius 2 is 0.938 bits per heavy atom. The molecule has 11 aromatic rings. The molecular formula is C59H43N3O2. The minimum Gasteiger partial charge on any atom is -0.455 e. The van der Waals surface area contributed by atoms with Gasteiger partial charge in [0.05, 0.1) is 11.1 Å². The van der Waals surface area contributed by atoms with E-state index in [9.17, 15) is 0 Å². The third kappa shape index (κ3) is 5.59. The van der Waals surface area contributed by atoms with Crippen LogP contribution >= 0.6 is 0 Å². The van der Waals surface area contributed by atoms with E-state index in [1.807, 2.05) is 30.3 Å². The Labute approximate surface area is 370 Å². The summed E-state index contributed by atoms with van der Waals surface area (Å²) in [6.07, 6.45) is 8.39. The van der Waals surface area contributed by atoms with Crippen LogP contribution in [-0.4, -0.2) is 15.0 Å². The van der Waals surface area contributed by atoms with Gasteiger partial charge in [0.15, 0.2) is 17.5 Å². The average Bonchev–Trinajstić information content (AvgIpc) is 3.93. The van der Waals surface area contributed by atoms with Gasteiger partial charge in [0.2, 0.25) is 0 Å². The Morgan fingerprint density at radius 3 is 1.66 bits per heavy atom. The number of hydrogen-bond donors (Lipinski definition) is 0. The molecular weight excluding hydrogens is 783 g/mol. The Balaban J connectivity index is 1.01. The summed E-state index contributed by atoms with van der Waals surface area (Å²) in [6, 6.07) is 60.2. The molecule has 5 heteroatoms.